The molecule has 1 amide bonds. The van der Waals surface area contributed by atoms with Gasteiger partial charge in [0, 0.05) is 22.8 Å². The van der Waals surface area contributed by atoms with E-state index in [-0.39, 0.29) is 17.8 Å². The van der Waals surface area contributed by atoms with E-state index in [1.807, 2.05) is 37.6 Å². The highest BCUT2D eigenvalue weighted by atomic mass is 35.5. The minimum Gasteiger partial charge on any atom is -0.483 e. The van der Waals surface area contributed by atoms with Gasteiger partial charge < -0.3 is 14.6 Å². The number of nitrogens with one attached hydrogen (secondary N) is 1. The normalized spacial score (nSPS) is 11.9. The average Bonchev–Trinajstić information content (AvgIpc) is 3.05. The Morgan fingerprint density at radius 3 is 2.62 bits per heavy atom. The average molecular weight is 451 g/mol. The Morgan fingerprint density at radius 2 is 1.93 bits per heavy atom. The Labute approximate surface area is 183 Å². The topological polar surface area (TPSA) is 69.0 Å². The number of thioether (sulfide) groups is 1. The Kier molecular flexibility index (Phi) is 7.05. The van der Waals surface area contributed by atoms with Crippen molar-refractivity contribution in [2.24, 2.45) is 7.05 Å². The van der Waals surface area contributed by atoms with E-state index < -0.39 is 0 Å². The molecule has 0 fully saturated rings. The lowest BCUT2D eigenvalue weighted by molar-refractivity contribution is -0.113. The summed E-state index contributed by atoms with van der Waals surface area (Å²) in [7, 11) is 1.85. The number of anilines is 1. The molecule has 2 aromatic carbocycles. The maximum atomic E-state index is 12.2. The van der Waals surface area contributed by atoms with Crippen LogP contribution in [0.15, 0.2) is 47.6 Å². The van der Waals surface area contributed by atoms with Crippen molar-refractivity contribution in [3.63, 3.8) is 0 Å². The summed E-state index contributed by atoms with van der Waals surface area (Å²) < 4.78 is 7.79. The van der Waals surface area contributed by atoms with E-state index in [0.29, 0.717) is 32.5 Å². The Bertz CT molecular complexity index is 1010. The molecule has 1 unspecified atom stereocenters. The second-order valence-electron chi connectivity index (χ2n) is 6.41. The highest BCUT2D eigenvalue weighted by Crippen LogP contribution is 2.26. The van der Waals surface area contributed by atoms with Crippen molar-refractivity contribution in [2.45, 2.75) is 25.1 Å². The van der Waals surface area contributed by atoms with E-state index in [1.165, 1.54) is 11.8 Å². The van der Waals surface area contributed by atoms with Crippen LogP contribution < -0.4 is 10.1 Å². The lowest BCUT2D eigenvalue weighted by atomic mass is 10.2. The van der Waals surface area contributed by atoms with Gasteiger partial charge in [0.05, 0.1) is 5.75 Å². The number of nitrogens with zero attached hydrogens (tertiary/aromatic N) is 3. The molecule has 3 aromatic rings. The molecule has 0 aliphatic carbocycles. The molecule has 29 heavy (non-hydrogen) atoms. The monoisotopic (exact) mass is 450 g/mol. The Hall–Kier alpha value is -2.22. The van der Waals surface area contributed by atoms with E-state index in [0.717, 1.165) is 5.56 Å². The van der Waals surface area contributed by atoms with Crippen molar-refractivity contribution in [3.8, 4) is 5.75 Å². The summed E-state index contributed by atoms with van der Waals surface area (Å²) >= 11 is 13.2. The summed E-state index contributed by atoms with van der Waals surface area (Å²) in [5, 5.41) is 13.2. The molecular formula is C20H20Cl2N4O2S. The molecule has 0 spiro atoms. The highest BCUT2D eigenvalue weighted by Gasteiger charge is 2.18. The Balaban J connectivity index is 1.58. The third kappa shape index (κ3) is 5.65. The molecule has 0 bridgehead atoms. The smallest absolute Gasteiger partial charge is 0.234 e. The molecule has 1 aromatic heterocycles. The number of ether oxygens (including phenoxy) is 1. The zero-order valence-electron chi connectivity index (χ0n) is 16.1. The van der Waals surface area contributed by atoms with Gasteiger partial charge in [0.2, 0.25) is 5.91 Å². The number of benzene rings is 2. The van der Waals surface area contributed by atoms with Gasteiger partial charge in [0.1, 0.15) is 5.75 Å². The molecule has 6 nitrogen and oxygen atoms in total. The Morgan fingerprint density at radius 1 is 1.21 bits per heavy atom. The molecular weight excluding hydrogens is 431 g/mol. The predicted octanol–water partition coefficient (Wildman–Crippen LogP) is 5.30. The summed E-state index contributed by atoms with van der Waals surface area (Å²) in [6.45, 7) is 3.82. The third-order valence-electron chi connectivity index (χ3n) is 4.13. The molecule has 0 radical (unpaired) electrons. The minimum absolute atomic E-state index is 0.136. The maximum absolute atomic E-state index is 12.2. The number of aromatic nitrogens is 3. The molecule has 3 rings (SSSR count). The van der Waals surface area contributed by atoms with Gasteiger partial charge in [-0.25, -0.2) is 0 Å². The minimum atomic E-state index is -0.315. The maximum Gasteiger partial charge on any atom is 0.234 e. The van der Waals surface area contributed by atoms with Crippen LogP contribution in [0.2, 0.25) is 10.0 Å². The second-order valence-corrected chi connectivity index (χ2v) is 8.20. The van der Waals surface area contributed by atoms with Crippen LogP contribution in [0.25, 0.3) is 0 Å². The van der Waals surface area contributed by atoms with E-state index in [4.69, 9.17) is 27.9 Å². The first-order chi connectivity index (χ1) is 13.8. The van der Waals surface area contributed by atoms with Crippen LogP contribution in [-0.4, -0.2) is 26.4 Å². The molecule has 0 saturated carbocycles. The number of carbonyl (C=O) groups excluding carboxylic acids is 1. The quantitative estimate of drug-likeness (QED) is 0.494. The van der Waals surface area contributed by atoms with Crippen molar-refractivity contribution in [2.75, 3.05) is 11.1 Å². The van der Waals surface area contributed by atoms with Gasteiger partial charge in [-0.2, -0.15) is 0 Å². The summed E-state index contributed by atoms with van der Waals surface area (Å²) in [5.74, 6) is 1.44. The summed E-state index contributed by atoms with van der Waals surface area (Å²) in [4.78, 5) is 12.2. The summed E-state index contributed by atoms with van der Waals surface area (Å²) in [6, 6.07) is 12.5. The summed E-state index contributed by atoms with van der Waals surface area (Å²) in [6.07, 6.45) is -0.315. The van der Waals surface area contributed by atoms with E-state index in [2.05, 4.69) is 15.5 Å². The molecule has 1 atom stereocenters. The van der Waals surface area contributed by atoms with Crippen LogP contribution in [0.1, 0.15) is 24.4 Å². The predicted molar refractivity (Wildman–Crippen MR) is 117 cm³/mol. The highest BCUT2D eigenvalue weighted by molar-refractivity contribution is 7.99. The molecule has 1 heterocycles. The molecule has 0 saturated heterocycles. The third-order valence-corrected chi connectivity index (χ3v) is 5.83. The van der Waals surface area contributed by atoms with Crippen LogP contribution in [0.3, 0.4) is 0 Å². The van der Waals surface area contributed by atoms with E-state index >= 15 is 0 Å². The molecule has 0 aliphatic rings. The molecule has 1 N–H and O–H groups in total. The van der Waals surface area contributed by atoms with Crippen LogP contribution in [0, 0.1) is 6.92 Å². The number of carbonyl (C=O) groups is 1. The van der Waals surface area contributed by atoms with Crippen molar-refractivity contribution >= 4 is 46.6 Å². The summed E-state index contributed by atoms with van der Waals surface area (Å²) in [5.41, 5.74) is 1.64. The zero-order chi connectivity index (χ0) is 21.0. The molecule has 0 aliphatic heterocycles. The van der Waals surface area contributed by atoms with Gasteiger partial charge >= 0.3 is 0 Å². The van der Waals surface area contributed by atoms with Gasteiger partial charge in [-0.1, -0.05) is 35.0 Å². The fourth-order valence-corrected chi connectivity index (χ4v) is 3.58. The number of halogens is 2. The van der Waals surface area contributed by atoms with Crippen molar-refractivity contribution in [3.05, 3.63) is 63.9 Å². The van der Waals surface area contributed by atoms with E-state index in [9.17, 15) is 4.79 Å². The van der Waals surface area contributed by atoms with Crippen LogP contribution in [-0.2, 0) is 11.8 Å². The van der Waals surface area contributed by atoms with Crippen LogP contribution >= 0.6 is 35.0 Å². The fraction of sp³-hybridized carbons (Fsp3) is 0.250. The number of hydrogen-bond acceptors (Lipinski definition) is 5. The van der Waals surface area contributed by atoms with Gasteiger partial charge in [-0.3, -0.25) is 4.79 Å². The number of aryl methyl sites for hydroxylation is 1. The number of hydrogen-bond donors (Lipinski definition) is 1. The van der Waals surface area contributed by atoms with Crippen LogP contribution in [0.5, 0.6) is 5.75 Å². The van der Waals surface area contributed by atoms with Crippen molar-refractivity contribution in [1.29, 1.82) is 0 Å². The van der Waals surface area contributed by atoms with Gasteiger partial charge in [0.25, 0.3) is 0 Å². The number of rotatable bonds is 7. The number of amides is 1. The van der Waals surface area contributed by atoms with E-state index in [1.54, 1.807) is 30.3 Å². The first-order valence-corrected chi connectivity index (χ1v) is 10.6. The molecule has 9 heteroatoms. The first kappa shape index (κ1) is 21.5. The van der Waals surface area contributed by atoms with Gasteiger partial charge in [0.15, 0.2) is 17.1 Å². The SMILES string of the molecule is Cc1cc(OC(C)c2nnc(SCC(=O)Nc3ccc(Cl)cc3)n2C)ccc1Cl. The lowest BCUT2D eigenvalue weighted by Crippen LogP contribution is -2.14. The van der Waals surface area contributed by atoms with Crippen LogP contribution in [0.4, 0.5) is 5.69 Å². The standard InChI is InChI=1S/C20H20Cl2N4O2S/c1-12-10-16(8-9-17(12)22)28-13(2)19-24-25-20(26(19)3)29-11-18(27)23-15-6-4-14(21)5-7-15/h4-10,13H,11H2,1-3H3,(H,23,27). The fourth-order valence-electron chi connectivity index (χ4n) is 2.61. The van der Waals surface area contributed by atoms with Gasteiger partial charge in [-0.05, 0) is 61.9 Å². The zero-order valence-corrected chi connectivity index (χ0v) is 18.5. The van der Waals surface area contributed by atoms with Crippen molar-refractivity contribution in [1.82, 2.24) is 14.8 Å². The van der Waals surface area contributed by atoms with Crippen molar-refractivity contribution < 1.29 is 9.53 Å². The first-order valence-electron chi connectivity index (χ1n) is 8.84. The largest absolute Gasteiger partial charge is 0.483 e. The second kappa shape index (κ2) is 9.52. The lowest BCUT2D eigenvalue weighted by Gasteiger charge is -2.15. The van der Waals surface area contributed by atoms with Gasteiger partial charge in [-0.15, -0.1) is 10.2 Å². The molecule has 152 valence electrons.